The van der Waals surface area contributed by atoms with Crippen molar-refractivity contribution in [3.05, 3.63) is 29.0 Å². The third-order valence-corrected chi connectivity index (χ3v) is 1.47. The molecule has 0 aliphatic heterocycles. The highest BCUT2D eigenvalue weighted by Crippen LogP contribution is 2.17. The smallest absolute Gasteiger partial charge is 0.141 e. The van der Waals surface area contributed by atoms with E-state index >= 15 is 0 Å². The molecular weight excluding hydrogens is 187 g/mol. The summed E-state index contributed by atoms with van der Waals surface area (Å²) in [5.41, 5.74) is 0. The second kappa shape index (κ2) is 5.41. The van der Waals surface area contributed by atoms with Gasteiger partial charge in [0.1, 0.15) is 5.82 Å². The van der Waals surface area contributed by atoms with Crippen LogP contribution in [0.4, 0.5) is 4.39 Å². The molecule has 0 unspecified atom stereocenters. The maximum absolute atomic E-state index is 12.3. The Kier molecular flexibility index (Phi) is 5.28. The van der Waals surface area contributed by atoms with Gasteiger partial charge in [-0.1, -0.05) is 11.6 Å². The van der Waals surface area contributed by atoms with Gasteiger partial charge in [0.15, 0.2) is 0 Å². The number of benzene rings is 1. The van der Waals surface area contributed by atoms with Crippen molar-refractivity contribution in [1.29, 1.82) is 0 Å². The van der Waals surface area contributed by atoms with Crippen LogP contribution in [-0.2, 0) is 0 Å². The molecule has 1 aromatic carbocycles. The quantitative estimate of drug-likeness (QED) is 0.608. The van der Waals surface area contributed by atoms with E-state index in [-0.39, 0.29) is 5.02 Å². The van der Waals surface area contributed by atoms with Crippen LogP contribution in [-0.4, -0.2) is 12.2 Å². The molecule has 0 aromatic heterocycles. The predicted molar refractivity (Wildman–Crippen MR) is 46.8 cm³/mol. The van der Waals surface area contributed by atoms with Gasteiger partial charge in [-0.25, -0.2) is 4.39 Å². The first-order chi connectivity index (χ1) is 5.20. The van der Waals surface area contributed by atoms with E-state index in [0.29, 0.717) is 4.90 Å². The van der Waals surface area contributed by atoms with Crippen molar-refractivity contribution in [3.63, 3.8) is 0 Å². The topological polar surface area (TPSA) is 20.2 Å². The van der Waals surface area contributed by atoms with Gasteiger partial charge in [-0.05, 0) is 18.2 Å². The number of hydrogen-bond donors (Lipinski definition) is 2. The normalized spacial score (nSPS) is 8.45. The van der Waals surface area contributed by atoms with Gasteiger partial charge in [0.25, 0.3) is 0 Å². The fourth-order valence-corrected chi connectivity index (χ4v) is 0.945. The van der Waals surface area contributed by atoms with Crippen molar-refractivity contribution >= 4 is 24.2 Å². The fourth-order valence-electron chi connectivity index (χ4n) is 0.485. The van der Waals surface area contributed by atoms with Gasteiger partial charge in [-0.3, -0.25) is 0 Å². The maximum Gasteiger partial charge on any atom is 0.141 e. The molecule has 0 aliphatic carbocycles. The molecular formula is C7H8ClFOS. The van der Waals surface area contributed by atoms with E-state index in [9.17, 15) is 4.39 Å². The summed E-state index contributed by atoms with van der Waals surface area (Å²) in [6, 6.07) is 4.29. The average Bonchev–Trinajstić information content (AvgIpc) is 2.02. The standard InChI is InChI=1S/C6H4ClFS.CH4O/c7-5-3-4(9)1-2-6(5)8;1-2/h1-3,9H;2H,1H3. The lowest BCUT2D eigenvalue weighted by Crippen LogP contribution is -1.73. The molecule has 0 saturated carbocycles. The third kappa shape index (κ3) is 3.60. The van der Waals surface area contributed by atoms with Crippen molar-refractivity contribution in [2.45, 2.75) is 4.90 Å². The molecule has 0 radical (unpaired) electrons. The van der Waals surface area contributed by atoms with Crippen LogP contribution in [0.15, 0.2) is 23.1 Å². The molecule has 1 aromatic rings. The summed E-state index contributed by atoms with van der Waals surface area (Å²) in [5, 5.41) is 7.11. The highest BCUT2D eigenvalue weighted by molar-refractivity contribution is 7.80. The second-order valence-corrected chi connectivity index (χ2v) is 2.52. The molecule has 0 heterocycles. The van der Waals surface area contributed by atoms with E-state index in [2.05, 4.69) is 12.6 Å². The Morgan fingerprint density at radius 1 is 1.45 bits per heavy atom. The molecule has 1 nitrogen and oxygen atoms in total. The molecule has 62 valence electrons. The van der Waals surface area contributed by atoms with Crippen molar-refractivity contribution in [3.8, 4) is 0 Å². The number of hydrogen-bond acceptors (Lipinski definition) is 2. The van der Waals surface area contributed by atoms with E-state index in [1.807, 2.05) is 0 Å². The monoisotopic (exact) mass is 194 g/mol. The average molecular weight is 195 g/mol. The number of rotatable bonds is 0. The van der Waals surface area contributed by atoms with Gasteiger partial charge in [-0.15, -0.1) is 12.6 Å². The lowest BCUT2D eigenvalue weighted by molar-refractivity contribution is 0.399. The molecule has 0 fully saturated rings. The van der Waals surface area contributed by atoms with Gasteiger partial charge in [0, 0.05) is 12.0 Å². The van der Waals surface area contributed by atoms with Crippen molar-refractivity contribution in [2.75, 3.05) is 7.11 Å². The van der Waals surface area contributed by atoms with Crippen LogP contribution in [0.25, 0.3) is 0 Å². The number of aliphatic hydroxyl groups is 1. The molecule has 1 rings (SSSR count). The van der Waals surface area contributed by atoms with Crippen LogP contribution >= 0.6 is 24.2 Å². The zero-order valence-electron chi connectivity index (χ0n) is 5.88. The summed E-state index contributed by atoms with van der Waals surface area (Å²) in [4.78, 5) is 0.668. The second-order valence-electron chi connectivity index (χ2n) is 1.60. The molecule has 1 N–H and O–H groups in total. The Bertz CT molecular complexity index is 230. The minimum atomic E-state index is -0.408. The van der Waals surface area contributed by atoms with E-state index < -0.39 is 5.82 Å². The summed E-state index contributed by atoms with van der Waals surface area (Å²) in [7, 11) is 1.00. The third-order valence-electron chi connectivity index (χ3n) is 0.903. The number of aliphatic hydroxyl groups excluding tert-OH is 1. The molecule has 0 bridgehead atoms. The predicted octanol–water partition coefficient (Wildman–Crippen LogP) is 2.38. The van der Waals surface area contributed by atoms with E-state index in [1.165, 1.54) is 12.1 Å². The molecule has 0 amide bonds. The van der Waals surface area contributed by atoms with Crippen LogP contribution < -0.4 is 0 Å². The van der Waals surface area contributed by atoms with Crippen molar-refractivity contribution < 1.29 is 9.50 Å². The highest BCUT2D eigenvalue weighted by atomic mass is 35.5. The molecule has 4 heteroatoms. The summed E-state index contributed by atoms with van der Waals surface area (Å²) >= 11 is 9.34. The summed E-state index contributed by atoms with van der Waals surface area (Å²) in [6.45, 7) is 0. The lowest BCUT2D eigenvalue weighted by Gasteiger charge is -1.92. The van der Waals surface area contributed by atoms with Crippen LogP contribution in [0.1, 0.15) is 0 Å². The summed E-state index contributed by atoms with van der Waals surface area (Å²) in [6.07, 6.45) is 0. The zero-order chi connectivity index (χ0) is 8.85. The first-order valence-electron chi connectivity index (χ1n) is 2.79. The number of thiol groups is 1. The van der Waals surface area contributed by atoms with Gasteiger partial charge in [-0.2, -0.15) is 0 Å². The van der Waals surface area contributed by atoms with E-state index in [1.54, 1.807) is 6.07 Å². The molecule has 11 heavy (non-hydrogen) atoms. The van der Waals surface area contributed by atoms with Crippen LogP contribution in [0.3, 0.4) is 0 Å². The van der Waals surface area contributed by atoms with Crippen molar-refractivity contribution in [2.24, 2.45) is 0 Å². The van der Waals surface area contributed by atoms with Crippen molar-refractivity contribution in [1.82, 2.24) is 0 Å². The Balaban J connectivity index is 0.000000461. The highest BCUT2D eigenvalue weighted by Gasteiger charge is 1.95. The van der Waals surface area contributed by atoms with Gasteiger partial charge in [0.05, 0.1) is 5.02 Å². The van der Waals surface area contributed by atoms with Gasteiger partial charge >= 0.3 is 0 Å². The SMILES string of the molecule is CO.Fc1ccc(S)cc1Cl. The maximum atomic E-state index is 12.3. The summed E-state index contributed by atoms with van der Waals surface area (Å²) < 4.78 is 12.3. The van der Waals surface area contributed by atoms with E-state index in [4.69, 9.17) is 16.7 Å². The number of halogens is 2. The first-order valence-corrected chi connectivity index (χ1v) is 3.61. The molecule has 0 aliphatic rings. The largest absolute Gasteiger partial charge is 0.400 e. The Morgan fingerprint density at radius 3 is 2.36 bits per heavy atom. The minimum Gasteiger partial charge on any atom is -0.400 e. The van der Waals surface area contributed by atoms with Crippen LogP contribution in [0.2, 0.25) is 5.02 Å². The summed E-state index contributed by atoms with van der Waals surface area (Å²) in [5.74, 6) is -0.408. The zero-order valence-corrected chi connectivity index (χ0v) is 7.53. The Hall–Kier alpha value is -0.250. The molecule has 0 spiro atoms. The molecule has 0 saturated heterocycles. The Labute approximate surface area is 75.2 Å². The van der Waals surface area contributed by atoms with Crippen LogP contribution in [0.5, 0.6) is 0 Å². The van der Waals surface area contributed by atoms with Crippen LogP contribution in [0, 0.1) is 5.82 Å². The van der Waals surface area contributed by atoms with Gasteiger partial charge < -0.3 is 5.11 Å². The molecule has 0 atom stereocenters. The lowest BCUT2D eigenvalue weighted by atomic mass is 10.3. The van der Waals surface area contributed by atoms with E-state index in [0.717, 1.165) is 7.11 Å². The Morgan fingerprint density at radius 2 is 2.00 bits per heavy atom. The van der Waals surface area contributed by atoms with Gasteiger partial charge in [0.2, 0.25) is 0 Å². The minimum absolute atomic E-state index is 0.113. The first kappa shape index (κ1) is 10.8. The fraction of sp³-hybridized carbons (Fsp3) is 0.143.